The van der Waals surface area contributed by atoms with Crippen molar-refractivity contribution in [1.29, 1.82) is 0 Å². The van der Waals surface area contributed by atoms with Gasteiger partial charge in [0.2, 0.25) is 5.91 Å². The summed E-state index contributed by atoms with van der Waals surface area (Å²) in [7, 11) is 0. The van der Waals surface area contributed by atoms with E-state index in [9.17, 15) is 14.4 Å². The summed E-state index contributed by atoms with van der Waals surface area (Å²) >= 11 is 1.43. The molecular weight excluding hydrogens is 364 g/mol. The molecule has 0 saturated carbocycles. The van der Waals surface area contributed by atoms with Gasteiger partial charge in [0, 0.05) is 10.6 Å². The SMILES string of the molecule is Cc1cccc(C)c1NC(=O)CNC(=O)COC(=O)c1cc2c(s1)CCC2. The minimum absolute atomic E-state index is 0.183. The van der Waals surface area contributed by atoms with Gasteiger partial charge in [0.05, 0.1) is 6.54 Å². The first-order valence-electron chi connectivity index (χ1n) is 8.85. The first-order chi connectivity index (χ1) is 12.9. The van der Waals surface area contributed by atoms with Gasteiger partial charge >= 0.3 is 5.97 Å². The van der Waals surface area contributed by atoms with Crippen LogP contribution in [0.25, 0.3) is 0 Å². The van der Waals surface area contributed by atoms with Gasteiger partial charge in [-0.3, -0.25) is 9.59 Å². The molecule has 6 nitrogen and oxygen atoms in total. The van der Waals surface area contributed by atoms with Gasteiger partial charge in [-0.1, -0.05) is 18.2 Å². The van der Waals surface area contributed by atoms with Crippen molar-refractivity contribution in [2.75, 3.05) is 18.5 Å². The molecule has 1 aromatic heterocycles. The summed E-state index contributed by atoms with van der Waals surface area (Å²) in [4.78, 5) is 37.7. The molecule has 0 unspecified atom stereocenters. The fraction of sp³-hybridized carbons (Fsp3) is 0.350. The van der Waals surface area contributed by atoms with E-state index in [1.165, 1.54) is 21.8 Å². The van der Waals surface area contributed by atoms with Crippen molar-refractivity contribution in [3.05, 3.63) is 50.7 Å². The van der Waals surface area contributed by atoms with Gasteiger partial charge in [-0.05, 0) is 55.9 Å². The topological polar surface area (TPSA) is 84.5 Å². The summed E-state index contributed by atoms with van der Waals surface area (Å²) in [6.07, 6.45) is 3.13. The molecule has 1 aliphatic carbocycles. The van der Waals surface area contributed by atoms with E-state index in [0.29, 0.717) is 4.88 Å². The molecule has 3 rings (SSSR count). The highest BCUT2D eigenvalue weighted by Gasteiger charge is 2.20. The average molecular weight is 386 g/mol. The third-order valence-electron chi connectivity index (χ3n) is 4.47. The lowest BCUT2D eigenvalue weighted by Gasteiger charge is -2.12. The molecule has 0 aliphatic heterocycles. The number of nitrogens with one attached hydrogen (secondary N) is 2. The summed E-state index contributed by atoms with van der Waals surface area (Å²) in [5.74, 6) is -1.34. The normalized spacial score (nSPS) is 12.4. The lowest BCUT2D eigenvalue weighted by molar-refractivity contribution is -0.126. The van der Waals surface area contributed by atoms with Gasteiger partial charge in [-0.15, -0.1) is 11.3 Å². The first-order valence-corrected chi connectivity index (χ1v) is 9.67. The van der Waals surface area contributed by atoms with Crippen LogP contribution in [-0.4, -0.2) is 30.9 Å². The summed E-state index contributed by atoms with van der Waals surface area (Å²) < 4.78 is 5.04. The molecule has 1 aromatic carbocycles. The molecular formula is C20H22N2O4S. The molecule has 0 bridgehead atoms. The maximum atomic E-state index is 12.0. The monoisotopic (exact) mass is 386 g/mol. The summed E-state index contributed by atoms with van der Waals surface area (Å²) in [5.41, 5.74) is 3.85. The second kappa shape index (κ2) is 8.35. The zero-order valence-corrected chi connectivity index (χ0v) is 16.2. The molecule has 0 atom stereocenters. The summed E-state index contributed by atoms with van der Waals surface area (Å²) in [6.45, 7) is 3.22. The molecule has 2 aromatic rings. The van der Waals surface area contributed by atoms with Gasteiger partial charge in [-0.25, -0.2) is 4.79 Å². The van der Waals surface area contributed by atoms with Crippen LogP contribution < -0.4 is 10.6 Å². The Hall–Kier alpha value is -2.67. The summed E-state index contributed by atoms with van der Waals surface area (Å²) in [6, 6.07) is 7.58. The minimum Gasteiger partial charge on any atom is -0.451 e. The Kier molecular flexibility index (Phi) is 5.91. The molecule has 0 radical (unpaired) electrons. The maximum Gasteiger partial charge on any atom is 0.348 e. The van der Waals surface area contributed by atoms with Crippen LogP contribution in [0.4, 0.5) is 5.69 Å². The predicted molar refractivity (Wildman–Crippen MR) is 104 cm³/mol. The van der Waals surface area contributed by atoms with Crippen molar-refractivity contribution < 1.29 is 19.1 Å². The molecule has 142 valence electrons. The molecule has 7 heteroatoms. The third-order valence-corrected chi connectivity index (χ3v) is 5.69. The lowest BCUT2D eigenvalue weighted by Crippen LogP contribution is -2.35. The number of benzene rings is 1. The van der Waals surface area contributed by atoms with Crippen LogP contribution in [0.15, 0.2) is 24.3 Å². The molecule has 0 spiro atoms. The third kappa shape index (κ3) is 4.74. The Morgan fingerprint density at radius 2 is 1.85 bits per heavy atom. The van der Waals surface area contributed by atoms with Gasteiger partial charge in [0.1, 0.15) is 4.88 Å². The predicted octanol–water partition coefficient (Wildman–Crippen LogP) is 2.77. The van der Waals surface area contributed by atoms with Crippen LogP contribution in [0, 0.1) is 13.8 Å². The molecule has 0 saturated heterocycles. The van der Waals surface area contributed by atoms with Crippen LogP contribution in [0.2, 0.25) is 0 Å². The van der Waals surface area contributed by atoms with Crippen molar-refractivity contribution in [3.8, 4) is 0 Å². The van der Waals surface area contributed by atoms with Crippen molar-refractivity contribution in [2.24, 2.45) is 0 Å². The highest BCUT2D eigenvalue weighted by molar-refractivity contribution is 7.14. The van der Waals surface area contributed by atoms with Crippen molar-refractivity contribution >= 4 is 34.8 Å². The van der Waals surface area contributed by atoms with Crippen molar-refractivity contribution in [3.63, 3.8) is 0 Å². The summed E-state index contributed by atoms with van der Waals surface area (Å²) in [5, 5.41) is 5.25. The molecule has 2 N–H and O–H groups in total. The number of amides is 2. The maximum absolute atomic E-state index is 12.0. The Labute approximate surface area is 161 Å². The lowest BCUT2D eigenvalue weighted by atomic mass is 10.1. The van der Waals surface area contributed by atoms with Crippen LogP contribution in [-0.2, 0) is 27.2 Å². The van der Waals surface area contributed by atoms with Crippen LogP contribution in [0.5, 0.6) is 0 Å². The number of anilines is 1. The zero-order chi connectivity index (χ0) is 19.4. The second-order valence-corrected chi connectivity index (χ2v) is 7.72. The minimum atomic E-state index is -0.510. The van der Waals surface area contributed by atoms with E-state index < -0.39 is 18.5 Å². The zero-order valence-electron chi connectivity index (χ0n) is 15.4. The number of rotatable bonds is 6. The number of hydrogen-bond donors (Lipinski definition) is 2. The number of carbonyl (C=O) groups is 3. The quantitative estimate of drug-likeness (QED) is 0.748. The fourth-order valence-electron chi connectivity index (χ4n) is 3.06. The van der Waals surface area contributed by atoms with Gasteiger partial charge in [0.15, 0.2) is 6.61 Å². The number of aryl methyl sites for hydroxylation is 4. The van der Waals surface area contributed by atoms with E-state index in [2.05, 4.69) is 10.6 Å². The number of esters is 1. The largest absolute Gasteiger partial charge is 0.451 e. The highest BCUT2D eigenvalue weighted by Crippen LogP contribution is 2.30. The standard InChI is InChI=1S/C20H22N2O4S/c1-12-5-3-6-13(2)19(12)22-17(23)10-21-18(24)11-26-20(25)16-9-14-7-4-8-15(14)27-16/h3,5-6,9H,4,7-8,10-11H2,1-2H3,(H,21,24)(H,22,23). The second-order valence-electron chi connectivity index (χ2n) is 6.58. The number of ether oxygens (including phenoxy) is 1. The molecule has 27 heavy (non-hydrogen) atoms. The Morgan fingerprint density at radius 3 is 2.56 bits per heavy atom. The van der Waals surface area contributed by atoms with Gasteiger partial charge in [-0.2, -0.15) is 0 Å². The van der Waals surface area contributed by atoms with Crippen LogP contribution >= 0.6 is 11.3 Å². The van der Waals surface area contributed by atoms with E-state index in [4.69, 9.17) is 4.74 Å². The highest BCUT2D eigenvalue weighted by atomic mass is 32.1. The molecule has 1 aliphatic rings. The van der Waals surface area contributed by atoms with E-state index >= 15 is 0 Å². The smallest absolute Gasteiger partial charge is 0.348 e. The number of fused-ring (bicyclic) bond motifs is 1. The van der Waals surface area contributed by atoms with Crippen LogP contribution in [0.3, 0.4) is 0 Å². The number of thiophene rings is 1. The molecule has 2 amide bonds. The molecule has 1 heterocycles. The van der Waals surface area contributed by atoms with E-state index in [1.54, 1.807) is 0 Å². The number of para-hydroxylation sites is 1. The Morgan fingerprint density at radius 1 is 1.11 bits per heavy atom. The van der Waals surface area contributed by atoms with Gasteiger partial charge < -0.3 is 15.4 Å². The van der Waals surface area contributed by atoms with Crippen molar-refractivity contribution in [2.45, 2.75) is 33.1 Å². The Bertz CT molecular complexity index is 846. The van der Waals surface area contributed by atoms with Gasteiger partial charge in [0.25, 0.3) is 5.91 Å². The van der Waals surface area contributed by atoms with Crippen LogP contribution in [0.1, 0.15) is 37.7 Å². The van der Waals surface area contributed by atoms with Crippen molar-refractivity contribution in [1.82, 2.24) is 5.32 Å². The first kappa shape index (κ1) is 19.1. The molecule has 0 fully saturated rings. The number of hydrogen-bond acceptors (Lipinski definition) is 5. The van der Waals surface area contributed by atoms with E-state index in [1.807, 2.05) is 38.1 Å². The van der Waals surface area contributed by atoms with E-state index in [0.717, 1.165) is 36.1 Å². The Balaban J connectivity index is 1.42. The fourth-order valence-corrected chi connectivity index (χ4v) is 4.20. The number of carbonyl (C=O) groups excluding carboxylic acids is 3. The average Bonchev–Trinajstić information content (AvgIpc) is 3.23. The van der Waals surface area contributed by atoms with E-state index in [-0.39, 0.29) is 12.5 Å².